The predicted octanol–water partition coefficient (Wildman–Crippen LogP) is 3.16. The lowest BCUT2D eigenvalue weighted by atomic mass is 10.00. The van der Waals surface area contributed by atoms with Crippen molar-refractivity contribution in [3.63, 3.8) is 0 Å². The molecule has 0 radical (unpaired) electrons. The topological polar surface area (TPSA) is 24.1 Å². The van der Waals surface area contributed by atoms with Crippen LogP contribution in [0.4, 0.5) is 5.69 Å². The molecule has 94 valence electrons. The van der Waals surface area contributed by atoms with E-state index in [1.54, 1.807) is 0 Å². The van der Waals surface area contributed by atoms with E-state index in [1.165, 1.54) is 28.8 Å². The molecule has 0 aromatic heterocycles. The molecule has 1 aliphatic rings. The van der Waals surface area contributed by atoms with Crippen molar-refractivity contribution >= 4 is 5.69 Å². The average molecular weight is 232 g/mol. The second-order valence-corrected chi connectivity index (χ2v) is 6.08. The lowest BCUT2D eigenvalue weighted by Gasteiger charge is -2.20. The first-order valence-electron chi connectivity index (χ1n) is 6.47. The van der Waals surface area contributed by atoms with Gasteiger partial charge in [-0.05, 0) is 52.2 Å². The Morgan fingerprint density at radius 3 is 2.24 bits per heavy atom. The van der Waals surface area contributed by atoms with E-state index >= 15 is 0 Å². The fraction of sp³-hybridized carbons (Fsp3) is 0.600. The van der Waals surface area contributed by atoms with E-state index in [-0.39, 0.29) is 5.54 Å². The summed E-state index contributed by atoms with van der Waals surface area (Å²) in [5, 5.41) is 7.25. The second-order valence-electron chi connectivity index (χ2n) is 6.08. The van der Waals surface area contributed by atoms with Crippen LogP contribution in [0.3, 0.4) is 0 Å². The van der Waals surface area contributed by atoms with Gasteiger partial charge in [-0.1, -0.05) is 17.7 Å². The third-order valence-corrected chi connectivity index (χ3v) is 3.61. The molecule has 0 aliphatic carbocycles. The Balaban J connectivity index is 2.15. The van der Waals surface area contributed by atoms with Gasteiger partial charge in [-0.2, -0.15) is 0 Å². The van der Waals surface area contributed by atoms with Crippen LogP contribution in [0.15, 0.2) is 12.1 Å². The third kappa shape index (κ3) is 2.81. The van der Waals surface area contributed by atoms with Gasteiger partial charge in [0.15, 0.2) is 0 Å². The summed E-state index contributed by atoms with van der Waals surface area (Å²) in [6.07, 6.45) is 1.18. The van der Waals surface area contributed by atoms with Gasteiger partial charge in [-0.25, -0.2) is 0 Å². The zero-order valence-corrected chi connectivity index (χ0v) is 11.6. The minimum Gasteiger partial charge on any atom is -0.381 e. The van der Waals surface area contributed by atoms with Crippen molar-refractivity contribution in [2.24, 2.45) is 0 Å². The van der Waals surface area contributed by atoms with E-state index in [4.69, 9.17) is 0 Å². The summed E-state index contributed by atoms with van der Waals surface area (Å²) in [6.45, 7) is 12.1. The van der Waals surface area contributed by atoms with Gasteiger partial charge in [0.25, 0.3) is 0 Å². The van der Waals surface area contributed by atoms with E-state index in [2.05, 4.69) is 57.4 Å². The molecule has 1 heterocycles. The zero-order chi connectivity index (χ0) is 12.6. The summed E-state index contributed by atoms with van der Waals surface area (Å²) in [5.74, 6) is 0. The smallest absolute Gasteiger partial charge is 0.0403 e. The van der Waals surface area contributed by atoms with Gasteiger partial charge in [-0.15, -0.1) is 0 Å². The number of nitrogens with one attached hydrogen (secondary N) is 2. The van der Waals surface area contributed by atoms with Crippen LogP contribution in [0.5, 0.6) is 0 Å². The quantitative estimate of drug-likeness (QED) is 0.818. The standard InChI is InChI=1S/C15H24N2/c1-10-6-11(2)14(12(3)7-10)17-13-8-15(4,5)16-9-13/h6-7,13,16-17H,8-9H2,1-5H3. The van der Waals surface area contributed by atoms with Gasteiger partial charge in [0.2, 0.25) is 0 Å². The summed E-state index contributed by atoms with van der Waals surface area (Å²) >= 11 is 0. The van der Waals surface area contributed by atoms with E-state index in [0.29, 0.717) is 6.04 Å². The Kier molecular flexibility index (Phi) is 3.17. The summed E-state index contributed by atoms with van der Waals surface area (Å²) in [4.78, 5) is 0. The van der Waals surface area contributed by atoms with Crippen molar-refractivity contribution in [2.75, 3.05) is 11.9 Å². The maximum absolute atomic E-state index is 3.70. The maximum Gasteiger partial charge on any atom is 0.0403 e. The number of anilines is 1. The van der Waals surface area contributed by atoms with Gasteiger partial charge in [0, 0.05) is 23.8 Å². The van der Waals surface area contributed by atoms with Crippen molar-refractivity contribution in [1.82, 2.24) is 5.32 Å². The molecule has 0 amide bonds. The Bertz CT molecular complexity index is 398. The van der Waals surface area contributed by atoms with Gasteiger partial charge >= 0.3 is 0 Å². The van der Waals surface area contributed by atoms with Crippen molar-refractivity contribution in [1.29, 1.82) is 0 Å². The third-order valence-electron chi connectivity index (χ3n) is 3.61. The van der Waals surface area contributed by atoms with Crippen molar-refractivity contribution in [2.45, 2.75) is 52.6 Å². The summed E-state index contributed by atoms with van der Waals surface area (Å²) < 4.78 is 0. The van der Waals surface area contributed by atoms with Crippen molar-refractivity contribution < 1.29 is 0 Å². The van der Waals surface area contributed by atoms with Crippen LogP contribution < -0.4 is 10.6 Å². The Hall–Kier alpha value is -1.02. The van der Waals surface area contributed by atoms with E-state index < -0.39 is 0 Å². The first-order valence-corrected chi connectivity index (χ1v) is 6.47. The van der Waals surface area contributed by atoms with Crippen LogP contribution in [-0.2, 0) is 0 Å². The number of hydrogen-bond acceptors (Lipinski definition) is 2. The minimum atomic E-state index is 0.268. The number of aryl methyl sites for hydroxylation is 3. The lowest BCUT2D eigenvalue weighted by molar-refractivity contribution is 0.457. The first-order chi connectivity index (χ1) is 7.87. The number of rotatable bonds is 2. The molecule has 1 aromatic rings. The second kappa shape index (κ2) is 4.34. The molecule has 1 fully saturated rings. The van der Waals surface area contributed by atoms with Crippen LogP contribution in [0, 0.1) is 20.8 Å². The molecule has 17 heavy (non-hydrogen) atoms. The Morgan fingerprint density at radius 1 is 1.18 bits per heavy atom. The molecule has 1 saturated heterocycles. The predicted molar refractivity (Wildman–Crippen MR) is 74.8 cm³/mol. The Morgan fingerprint density at radius 2 is 1.76 bits per heavy atom. The zero-order valence-electron chi connectivity index (χ0n) is 11.6. The summed E-state index contributed by atoms with van der Waals surface area (Å²) in [6, 6.07) is 5.05. The van der Waals surface area contributed by atoms with Crippen molar-refractivity contribution in [3.8, 4) is 0 Å². The molecule has 2 heteroatoms. The first kappa shape index (κ1) is 12.4. The van der Waals surface area contributed by atoms with Crippen LogP contribution in [0.1, 0.15) is 37.0 Å². The van der Waals surface area contributed by atoms with E-state index in [0.717, 1.165) is 6.54 Å². The monoisotopic (exact) mass is 232 g/mol. The molecule has 1 aromatic carbocycles. The highest BCUT2D eigenvalue weighted by molar-refractivity contribution is 5.58. The van der Waals surface area contributed by atoms with Gasteiger partial charge in [0.1, 0.15) is 0 Å². The molecule has 1 aliphatic heterocycles. The highest BCUT2D eigenvalue weighted by Crippen LogP contribution is 2.26. The molecule has 2 rings (SSSR count). The maximum atomic E-state index is 3.70. The molecular weight excluding hydrogens is 208 g/mol. The van der Waals surface area contributed by atoms with Crippen LogP contribution in [0.25, 0.3) is 0 Å². The molecule has 1 unspecified atom stereocenters. The molecule has 0 saturated carbocycles. The normalized spacial score (nSPS) is 22.8. The fourth-order valence-corrected chi connectivity index (χ4v) is 2.87. The van der Waals surface area contributed by atoms with Crippen LogP contribution in [-0.4, -0.2) is 18.1 Å². The molecule has 0 bridgehead atoms. The minimum absolute atomic E-state index is 0.268. The van der Waals surface area contributed by atoms with Gasteiger partial charge in [-0.3, -0.25) is 0 Å². The Labute approximate surface area is 105 Å². The number of hydrogen-bond donors (Lipinski definition) is 2. The molecule has 1 atom stereocenters. The molecule has 2 nitrogen and oxygen atoms in total. The van der Waals surface area contributed by atoms with Gasteiger partial charge < -0.3 is 10.6 Å². The van der Waals surface area contributed by atoms with Gasteiger partial charge in [0.05, 0.1) is 0 Å². The van der Waals surface area contributed by atoms with E-state index in [9.17, 15) is 0 Å². The molecule has 2 N–H and O–H groups in total. The van der Waals surface area contributed by atoms with Crippen LogP contribution >= 0.6 is 0 Å². The van der Waals surface area contributed by atoms with Crippen LogP contribution in [0.2, 0.25) is 0 Å². The SMILES string of the molecule is Cc1cc(C)c(NC2CNC(C)(C)C2)c(C)c1. The van der Waals surface area contributed by atoms with E-state index in [1.807, 2.05) is 0 Å². The average Bonchev–Trinajstić information content (AvgIpc) is 2.52. The molecular formula is C15H24N2. The highest BCUT2D eigenvalue weighted by Gasteiger charge is 2.30. The summed E-state index contributed by atoms with van der Waals surface area (Å²) in [5.41, 5.74) is 5.64. The number of benzene rings is 1. The highest BCUT2D eigenvalue weighted by atomic mass is 15.1. The largest absolute Gasteiger partial charge is 0.381 e. The van der Waals surface area contributed by atoms with Crippen molar-refractivity contribution in [3.05, 3.63) is 28.8 Å². The lowest BCUT2D eigenvalue weighted by Crippen LogP contribution is -2.31. The summed E-state index contributed by atoms with van der Waals surface area (Å²) in [7, 11) is 0. The fourth-order valence-electron chi connectivity index (χ4n) is 2.87. The molecule has 0 spiro atoms.